The SMILES string of the molecule is CN1C(=O)C(/C=N\C(=O)c2cn(Cc3ccccc3)nn2)COc2ccc(Cl)cc21. The number of hydrogen-bond acceptors (Lipinski definition) is 5. The summed E-state index contributed by atoms with van der Waals surface area (Å²) >= 11 is 6.02. The number of amides is 2. The summed E-state index contributed by atoms with van der Waals surface area (Å²) in [5.41, 5.74) is 1.71. The lowest BCUT2D eigenvalue weighted by Crippen LogP contribution is -2.34. The van der Waals surface area contributed by atoms with Gasteiger partial charge in [0.25, 0.3) is 5.91 Å². The molecule has 0 bridgehead atoms. The fourth-order valence-electron chi connectivity index (χ4n) is 3.07. The number of anilines is 1. The first-order valence-electron chi connectivity index (χ1n) is 9.24. The summed E-state index contributed by atoms with van der Waals surface area (Å²) in [4.78, 5) is 30.5. The van der Waals surface area contributed by atoms with E-state index in [2.05, 4.69) is 15.3 Å². The molecule has 1 unspecified atom stereocenters. The van der Waals surface area contributed by atoms with Gasteiger partial charge in [-0.05, 0) is 23.8 Å². The molecule has 3 aromatic rings. The van der Waals surface area contributed by atoms with Gasteiger partial charge in [0, 0.05) is 18.3 Å². The molecule has 2 aromatic carbocycles. The molecule has 0 saturated heterocycles. The van der Waals surface area contributed by atoms with Crippen LogP contribution < -0.4 is 9.64 Å². The van der Waals surface area contributed by atoms with Crippen LogP contribution in [0.2, 0.25) is 5.02 Å². The molecule has 1 aromatic heterocycles. The van der Waals surface area contributed by atoms with Crippen molar-refractivity contribution in [2.75, 3.05) is 18.6 Å². The fraction of sp³-hybridized carbons (Fsp3) is 0.190. The topological polar surface area (TPSA) is 89.7 Å². The van der Waals surface area contributed by atoms with Gasteiger partial charge < -0.3 is 9.64 Å². The third-order valence-corrected chi connectivity index (χ3v) is 4.90. The number of aliphatic imine (C=N–C) groups is 1. The molecule has 30 heavy (non-hydrogen) atoms. The van der Waals surface area contributed by atoms with Crippen LogP contribution in [0.1, 0.15) is 16.1 Å². The summed E-state index contributed by atoms with van der Waals surface area (Å²) in [7, 11) is 1.63. The monoisotopic (exact) mass is 423 g/mol. The molecule has 0 saturated carbocycles. The molecule has 0 aliphatic carbocycles. The van der Waals surface area contributed by atoms with Crippen molar-refractivity contribution in [3.05, 3.63) is 71.0 Å². The summed E-state index contributed by atoms with van der Waals surface area (Å²) in [5.74, 6) is -0.999. The van der Waals surface area contributed by atoms with Crippen LogP contribution in [0, 0.1) is 5.92 Å². The van der Waals surface area contributed by atoms with Gasteiger partial charge in [-0.1, -0.05) is 47.1 Å². The third-order valence-electron chi connectivity index (χ3n) is 4.67. The van der Waals surface area contributed by atoms with Crippen LogP contribution in [0.25, 0.3) is 0 Å². The summed E-state index contributed by atoms with van der Waals surface area (Å²) in [6.07, 6.45) is 2.83. The Hall–Kier alpha value is -3.52. The van der Waals surface area contributed by atoms with Gasteiger partial charge in [0.15, 0.2) is 5.69 Å². The van der Waals surface area contributed by atoms with E-state index < -0.39 is 11.8 Å². The van der Waals surface area contributed by atoms with Crippen molar-refractivity contribution in [2.45, 2.75) is 6.54 Å². The van der Waals surface area contributed by atoms with Crippen LogP contribution in [-0.4, -0.2) is 46.7 Å². The molecule has 0 fully saturated rings. The smallest absolute Gasteiger partial charge is 0.298 e. The Kier molecular flexibility index (Phi) is 5.58. The number of carbonyl (C=O) groups is 2. The van der Waals surface area contributed by atoms with Crippen molar-refractivity contribution in [2.24, 2.45) is 10.9 Å². The molecular weight excluding hydrogens is 406 g/mol. The largest absolute Gasteiger partial charge is 0.490 e. The van der Waals surface area contributed by atoms with E-state index in [0.29, 0.717) is 23.0 Å². The van der Waals surface area contributed by atoms with Gasteiger partial charge in [0.1, 0.15) is 18.3 Å². The van der Waals surface area contributed by atoms with Gasteiger partial charge in [-0.2, -0.15) is 0 Å². The third kappa shape index (κ3) is 4.23. The minimum absolute atomic E-state index is 0.0648. The van der Waals surface area contributed by atoms with Gasteiger partial charge in [0.2, 0.25) is 5.91 Å². The first kappa shape index (κ1) is 19.8. The van der Waals surface area contributed by atoms with Crippen molar-refractivity contribution in [3.63, 3.8) is 0 Å². The number of hydrogen-bond donors (Lipinski definition) is 0. The van der Waals surface area contributed by atoms with Crippen molar-refractivity contribution in [3.8, 4) is 5.75 Å². The second-order valence-electron chi connectivity index (χ2n) is 6.80. The molecule has 152 valence electrons. The predicted molar refractivity (Wildman–Crippen MR) is 112 cm³/mol. The van der Waals surface area contributed by atoms with Gasteiger partial charge >= 0.3 is 0 Å². The second-order valence-corrected chi connectivity index (χ2v) is 7.23. The van der Waals surface area contributed by atoms with Crippen LogP contribution in [0.4, 0.5) is 5.69 Å². The standard InChI is InChI=1S/C21H18ClN5O3/c1-26-18-9-16(22)7-8-19(18)30-13-15(21(26)29)10-23-20(28)17-12-27(25-24-17)11-14-5-3-2-4-6-14/h2-10,12,15H,11,13H2,1H3/b23-10-. The minimum atomic E-state index is -0.718. The molecule has 8 nitrogen and oxygen atoms in total. The molecule has 0 radical (unpaired) electrons. The first-order chi connectivity index (χ1) is 14.5. The van der Waals surface area contributed by atoms with E-state index in [1.807, 2.05) is 30.3 Å². The normalized spacial score (nSPS) is 16.3. The van der Waals surface area contributed by atoms with Crippen LogP contribution in [0.3, 0.4) is 0 Å². The number of nitrogens with zero attached hydrogens (tertiary/aromatic N) is 5. The molecule has 2 amide bonds. The highest BCUT2D eigenvalue weighted by molar-refractivity contribution is 6.31. The van der Waals surface area contributed by atoms with Crippen LogP contribution in [0.5, 0.6) is 5.75 Å². The maximum atomic E-state index is 12.7. The van der Waals surface area contributed by atoms with E-state index >= 15 is 0 Å². The molecule has 1 atom stereocenters. The zero-order chi connectivity index (χ0) is 21.1. The molecule has 1 aliphatic heterocycles. The highest BCUT2D eigenvalue weighted by Gasteiger charge is 2.28. The number of fused-ring (bicyclic) bond motifs is 1. The number of carbonyl (C=O) groups excluding carboxylic acids is 2. The average Bonchev–Trinajstić information content (AvgIpc) is 3.18. The van der Waals surface area contributed by atoms with E-state index in [1.54, 1.807) is 29.9 Å². The molecule has 9 heteroatoms. The van der Waals surface area contributed by atoms with Gasteiger partial charge in [0.05, 0.1) is 18.4 Å². The molecule has 2 heterocycles. The Morgan fingerprint density at radius 3 is 2.90 bits per heavy atom. The minimum Gasteiger partial charge on any atom is -0.490 e. The van der Waals surface area contributed by atoms with Crippen molar-refractivity contribution in [1.29, 1.82) is 0 Å². The average molecular weight is 424 g/mol. The summed E-state index contributed by atoms with van der Waals surface area (Å²) in [6.45, 7) is 0.556. The maximum Gasteiger partial charge on any atom is 0.298 e. The highest BCUT2D eigenvalue weighted by atomic mass is 35.5. The predicted octanol–water partition coefficient (Wildman–Crippen LogP) is 2.86. The lowest BCUT2D eigenvalue weighted by molar-refractivity contribution is -0.120. The van der Waals surface area contributed by atoms with Crippen molar-refractivity contribution in [1.82, 2.24) is 15.0 Å². The quantitative estimate of drug-likeness (QED) is 0.602. The zero-order valence-corrected chi connectivity index (χ0v) is 16.9. The molecule has 1 aliphatic rings. The summed E-state index contributed by atoms with van der Waals surface area (Å²) in [5, 5.41) is 8.34. The Labute approximate surface area is 177 Å². The fourth-order valence-corrected chi connectivity index (χ4v) is 3.23. The van der Waals surface area contributed by atoms with E-state index in [0.717, 1.165) is 5.56 Å². The maximum absolute atomic E-state index is 12.7. The summed E-state index contributed by atoms with van der Waals surface area (Å²) < 4.78 is 7.27. The number of halogens is 1. The lowest BCUT2D eigenvalue weighted by atomic mass is 10.1. The Morgan fingerprint density at radius 2 is 2.10 bits per heavy atom. The van der Waals surface area contributed by atoms with Gasteiger partial charge in [-0.25, -0.2) is 9.67 Å². The Balaban J connectivity index is 1.45. The second kappa shape index (κ2) is 8.46. The van der Waals surface area contributed by atoms with E-state index in [4.69, 9.17) is 16.3 Å². The van der Waals surface area contributed by atoms with E-state index in [-0.39, 0.29) is 18.2 Å². The Bertz CT molecular complexity index is 1110. The molecule has 0 spiro atoms. The highest BCUT2D eigenvalue weighted by Crippen LogP contribution is 2.33. The zero-order valence-electron chi connectivity index (χ0n) is 16.1. The molecule has 0 N–H and O–H groups in total. The van der Waals surface area contributed by atoms with E-state index in [1.165, 1.54) is 17.3 Å². The van der Waals surface area contributed by atoms with Crippen molar-refractivity contribution >= 4 is 35.3 Å². The number of rotatable bonds is 4. The van der Waals surface area contributed by atoms with Crippen molar-refractivity contribution < 1.29 is 14.3 Å². The lowest BCUT2D eigenvalue weighted by Gasteiger charge is -2.17. The summed E-state index contributed by atoms with van der Waals surface area (Å²) in [6, 6.07) is 14.8. The molecular formula is C21H18ClN5O3. The number of ether oxygens (including phenoxy) is 1. The number of benzene rings is 2. The molecule has 4 rings (SSSR count). The number of aromatic nitrogens is 3. The first-order valence-corrected chi connectivity index (χ1v) is 9.61. The van der Waals surface area contributed by atoms with Gasteiger partial charge in [-0.3, -0.25) is 9.59 Å². The van der Waals surface area contributed by atoms with Gasteiger partial charge in [-0.15, -0.1) is 5.10 Å². The van der Waals surface area contributed by atoms with Crippen LogP contribution >= 0.6 is 11.6 Å². The van der Waals surface area contributed by atoms with Crippen LogP contribution in [0.15, 0.2) is 59.7 Å². The Morgan fingerprint density at radius 1 is 1.30 bits per heavy atom. The van der Waals surface area contributed by atoms with E-state index in [9.17, 15) is 9.59 Å². The van der Waals surface area contributed by atoms with Crippen LogP contribution in [-0.2, 0) is 11.3 Å².